The molecule has 0 unspecified atom stereocenters. The van der Waals surface area contributed by atoms with Gasteiger partial charge in [-0.15, -0.1) is 0 Å². The number of aryl methyl sites for hydroxylation is 2. The van der Waals surface area contributed by atoms with Crippen molar-refractivity contribution >= 4 is 33.0 Å². The normalized spacial score (nSPS) is 11.2. The Morgan fingerprint density at radius 2 is 1.82 bits per heavy atom. The van der Waals surface area contributed by atoms with Crippen molar-refractivity contribution in [1.29, 1.82) is 0 Å². The van der Waals surface area contributed by atoms with Crippen LogP contribution < -0.4 is 4.72 Å². The van der Waals surface area contributed by atoms with Crippen molar-refractivity contribution in [3.05, 3.63) is 62.7 Å². The topological polar surface area (TPSA) is 89.3 Å². The van der Waals surface area contributed by atoms with Gasteiger partial charge in [0.15, 0.2) is 0 Å². The Bertz CT molecular complexity index is 850. The van der Waals surface area contributed by atoms with Crippen molar-refractivity contribution in [3.63, 3.8) is 0 Å². The summed E-state index contributed by atoms with van der Waals surface area (Å²) in [5.74, 6) is 0. The molecular weight excluding hydrogens is 328 g/mol. The number of sulfonamides is 1. The molecule has 2 rings (SSSR count). The summed E-state index contributed by atoms with van der Waals surface area (Å²) >= 11 is 5.99. The van der Waals surface area contributed by atoms with Gasteiger partial charge in [0.25, 0.3) is 15.7 Å². The molecule has 0 aromatic heterocycles. The maximum absolute atomic E-state index is 12.3. The molecule has 8 heteroatoms. The van der Waals surface area contributed by atoms with Crippen LogP contribution in [0.4, 0.5) is 11.4 Å². The van der Waals surface area contributed by atoms with E-state index in [1.54, 1.807) is 19.1 Å². The first-order chi connectivity index (χ1) is 10.2. The molecular formula is C14H13ClN2O4S. The molecule has 0 saturated carbocycles. The Balaban J connectivity index is 2.42. The van der Waals surface area contributed by atoms with Gasteiger partial charge < -0.3 is 0 Å². The van der Waals surface area contributed by atoms with Crippen LogP contribution in [0.2, 0.25) is 5.02 Å². The Morgan fingerprint density at radius 1 is 1.14 bits per heavy atom. The van der Waals surface area contributed by atoms with Crippen LogP contribution in [0.3, 0.4) is 0 Å². The van der Waals surface area contributed by atoms with Crippen LogP contribution in [0, 0.1) is 24.0 Å². The highest BCUT2D eigenvalue weighted by Gasteiger charge is 2.20. The Hall–Kier alpha value is -2.12. The van der Waals surface area contributed by atoms with Gasteiger partial charge in [-0.2, -0.15) is 0 Å². The van der Waals surface area contributed by atoms with Gasteiger partial charge in [-0.1, -0.05) is 23.7 Å². The first-order valence-corrected chi connectivity index (χ1v) is 8.11. The molecule has 22 heavy (non-hydrogen) atoms. The van der Waals surface area contributed by atoms with E-state index in [4.69, 9.17) is 11.6 Å². The maximum atomic E-state index is 12.3. The molecule has 0 fully saturated rings. The van der Waals surface area contributed by atoms with E-state index in [1.165, 1.54) is 18.2 Å². The van der Waals surface area contributed by atoms with Crippen molar-refractivity contribution in [2.75, 3.05) is 4.72 Å². The van der Waals surface area contributed by atoms with Gasteiger partial charge in [0.05, 0.1) is 20.5 Å². The van der Waals surface area contributed by atoms with Gasteiger partial charge in [0, 0.05) is 11.6 Å². The van der Waals surface area contributed by atoms with E-state index >= 15 is 0 Å². The summed E-state index contributed by atoms with van der Waals surface area (Å²) in [5, 5.41) is 11.2. The molecule has 0 spiro atoms. The fourth-order valence-electron chi connectivity index (χ4n) is 1.86. The first kappa shape index (κ1) is 16.3. The molecule has 0 bridgehead atoms. The van der Waals surface area contributed by atoms with E-state index in [0.29, 0.717) is 5.56 Å². The summed E-state index contributed by atoms with van der Waals surface area (Å²) in [7, 11) is -3.96. The lowest BCUT2D eigenvalue weighted by atomic mass is 10.2. The minimum Gasteiger partial charge on any atom is -0.278 e. The summed E-state index contributed by atoms with van der Waals surface area (Å²) < 4.78 is 27.0. The number of hydrogen-bond acceptors (Lipinski definition) is 4. The zero-order valence-corrected chi connectivity index (χ0v) is 13.4. The standard InChI is InChI=1S/C14H13ClN2O4S/c1-9-3-6-13(12(15)7-9)16-22(20,21)11-5-4-10(2)14(8-11)17(18)19/h3-8,16H,1-2H3. The Labute approximate surface area is 132 Å². The van der Waals surface area contributed by atoms with Gasteiger partial charge in [0.1, 0.15) is 0 Å². The van der Waals surface area contributed by atoms with Gasteiger partial charge in [0.2, 0.25) is 0 Å². The molecule has 0 atom stereocenters. The van der Waals surface area contributed by atoms with Crippen LogP contribution in [0.5, 0.6) is 0 Å². The molecule has 2 aromatic rings. The van der Waals surface area contributed by atoms with Crippen molar-refractivity contribution in [3.8, 4) is 0 Å². The number of nitrogens with one attached hydrogen (secondary N) is 1. The third-order valence-corrected chi connectivity index (χ3v) is 4.73. The summed E-state index contributed by atoms with van der Waals surface area (Å²) in [6.45, 7) is 3.37. The minimum absolute atomic E-state index is 0.193. The van der Waals surface area contributed by atoms with E-state index in [0.717, 1.165) is 11.6 Å². The fourth-order valence-corrected chi connectivity index (χ4v) is 3.30. The van der Waals surface area contributed by atoms with Crippen molar-refractivity contribution in [2.24, 2.45) is 0 Å². The molecule has 1 N–H and O–H groups in total. The predicted octanol–water partition coefficient (Wildman–Crippen LogP) is 3.67. The third-order valence-electron chi connectivity index (χ3n) is 3.06. The van der Waals surface area contributed by atoms with Gasteiger partial charge in [-0.25, -0.2) is 8.42 Å². The van der Waals surface area contributed by atoms with Crippen LogP contribution in [0.25, 0.3) is 0 Å². The number of nitro groups is 1. The summed E-state index contributed by atoms with van der Waals surface area (Å²) in [6.07, 6.45) is 0. The number of anilines is 1. The number of hydrogen-bond donors (Lipinski definition) is 1. The Morgan fingerprint density at radius 3 is 2.41 bits per heavy atom. The first-order valence-electron chi connectivity index (χ1n) is 6.25. The molecule has 6 nitrogen and oxygen atoms in total. The van der Waals surface area contributed by atoms with E-state index in [-0.39, 0.29) is 21.3 Å². The quantitative estimate of drug-likeness (QED) is 0.679. The van der Waals surface area contributed by atoms with E-state index in [1.807, 2.05) is 6.92 Å². The minimum atomic E-state index is -3.96. The zero-order chi connectivity index (χ0) is 16.5. The summed E-state index contributed by atoms with van der Waals surface area (Å²) in [5.41, 5.74) is 1.24. The smallest absolute Gasteiger partial charge is 0.273 e. The molecule has 0 radical (unpaired) electrons. The van der Waals surface area contributed by atoms with E-state index in [2.05, 4.69) is 4.72 Å². The Kier molecular flexibility index (Phi) is 4.39. The summed E-state index contributed by atoms with van der Waals surface area (Å²) in [6, 6.07) is 8.60. The highest BCUT2D eigenvalue weighted by molar-refractivity contribution is 7.92. The van der Waals surface area contributed by atoms with Gasteiger partial charge in [-0.3, -0.25) is 14.8 Å². The van der Waals surface area contributed by atoms with Crippen LogP contribution in [-0.4, -0.2) is 13.3 Å². The van der Waals surface area contributed by atoms with Crippen LogP contribution in [-0.2, 0) is 10.0 Å². The number of halogens is 1. The lowest BCUT2D eigenvalue weighted by Crippen LogP contribution is -2.13. The SMILES string of the molecule is Cc1ccc(NS(=O)(=O)c2ccc(C)c([N+](=O)[O-])c2)c(Cl)c1. The van der Waals surface area contributed by atoms with Crippen LogP contribution in [0.15, 0.2) is 41.3 Å². The fraction of sp³-hybridized carbons (Fsp3) is 0.143. The number of benzene rings is 2. The van der Waals surface area contributed by atoms with Gasteiger partial charge >= 0.3 is 0 Å². The van der Waals surface area contributed by atoms with Crippen LogP contribution >= 0.6 is 11.6 Å². The molecule has 0 amide bonds. The van der Waals surface area contributed by atoms with E-state index < -0.39 is 14.9 Å². The second-order valence-corrected chi connectivity index (χ2v) is 6.88. The lowest BCUT2D eigenvalue weighted by Gasteiger charge is -2.10. The monoisotopic (exact) mass is 340 g/mol. The highest BCUT2D eigenvalue weighted by Crippen LogP contribution is 2.27. The van der Waals surface area contributed by atoms with Crippen molar-refractivity contribution in [2.45, 2.75) is 18.7 Å². The largest absolute Gasteiger partial charge is 0.278 e. The second kappa shape index (κ2) is 5.94. The number of rotatable bonds is 4. The van der Waals surface area contributed by atoms with E-state index in [9.17, 15) is 18.5 Å². The second-order valence-electron chi connectivity index (χ2n) is 4.79. The molecule has 2 aromatic carbocycles. The average molecular weight is 341 g/mol. The molecule has 0 aliphatic rings. The molecule has 0 saturated heterocycles. The third kappa shape index (κ3) is 3.37. The molecule has 0 heterocycles. The number of nitrogens with zero attached hydrogens (tertiary/aromatic N) is 1. The highest BCUT2D eigenvalue weighted by atomic mass is 35.5. The average Bonchev–Trinajstić information content (AvgIpc) is 2.42. The summed E-state index contributed by atoms with van der Waals surface area (Å²) in [4.78, 5) is 10.1. The predicted molar refractivity (Wildman–Crippen MR) is 84.8 cm³/mol. The van der Waals surface area contributed by atoms with Crippen molar-refractivity contribution < 1.29 is 13.3 Å². The molecule has 0 aliphatic heterocycles. The maximum Gasteiger partial charge on any atom is 0.273 e. The zero-order valence-electron chi connectivity index (χ0n) is 11.8. The van der Waals surface area contributed by atoms with Gasteiger partial charge in [-0.05, 0) is 37.6 Å². The molecule has 0 aliphatic carbocycles. The lowest BCUT2D eigenvalue weighted by molar-refractivity contribution is -0.385. The number of nitro benzene ring substituents is 1. The van der Waals surface area contributed by atoms with Crippen molar-refractivity contribution in [1.82, 2.24) is 0 Å². The molecule has 116 valence electrons. The van der Waals surface area contributed by atoms with Crippen LogP contribution in [0.1, 0.15) is 11.1 Å².